The molecule has 4 rings (SSSR count). The van der Waals surface area contributed by atoms with Crippen molar-refractivity contribution in [2.75, 3.05) is 7.11 Å². The molecule has 0 fully saturated rings. The van der Waals surface area contributed by atoms with Gasteiger partial charge in [0, 0.05) is 23.9 Å². The number of ether oxygens (including phenoxy) is 1. The highest BCUT2D eigenvalue weighted by Crippen LogP contribution is 2.31. The maximum absolute atomic E-state index is 13.4. The van der Waals surface area contributed by atoms with E-state index in [1.165, 1.54) is 0 Å². The molecule has 0 aliphatic rings. The lowest BCUT2D eigenvalue weighted by molar-refractivity contribution is 0.103. The lowest BCUT2D eigenvalue weighted by atomic mass is 10.0. The molecule has 29 heavy (non-hydrogen) atoms. The quantitative estimate of drug-likeness (QED) is 0.530. The Morgan fingerprint density at radius 3 is 2.69 bits per heavy atom. The molecular weight excluding hydrogens is 370 g/mol. The lowest BCUT2D eigenvalue weighted by Crippen LogP contribution is -2.35. The SMILES string of the molecule is CCCn1c(=O)[nH]c2ccc(C(=O)c3c(C)c(OC)c4ccccn34)cc2c1=O. The summed E-state index contributed by atoms with van der Waals surface area (Å²) >= 11 is 0. The number of fused-ring (bicyclic) bond motifs is 2. The summed E-state index contributed by atoms with van der Waals surface area (Å²) < 4.78 is 8.46. The summed E-state index contributed by atoms with van der Waals surface area (Å²) in [6.45, 7) is 4.05. The molecule has 0 saturated heterocycles. The van der Waals surface area contributed by atoms with Crippen LogP contribution >= 0.6 is 0 Å². The van der Waals surface area contributed by atoms with E-state index in [4.69, 9.17) is 4.74 Å². The summed E-state index contributed by atoms with van der Waals surface area (Å²) in [5.41, 5.74) is 1.96. The summed E-state index contributed by atoms with van der Waals surface area (Å²) in [5.74, 6) is 0.422. The molecule has 7 heteroatoms. The number of carbonyl (C=O) groups is 1. The van der Waals surface area contributed by atoms with E-state index in [0.717, 1.165) is 15.6 Å². The van der Waals surface area contributed by atoms with Gasteiger partial charge in [0.15, 0.2) is 0 Å². The first kappa shape index (κ1) is 18.7. The van der Waals surface area contributed by atoms with Crippen LogP contribution in [-0.2, 0) is 6.54 Å². The number of hydrogen-bond acceptors (Lipinski definition) is 4. The van der Waals surface area contributed by atoms with Gasteiger partial charge in [-0.2, -0.15) is 0 Å². The van der Waals surface area contributed by atoms with Crippen LogP contribution in [0, 0.1) is 6.92 Å². The van der Waals surface area contributed by atoms with Gasteiger partial charge in [-0.3, -0.25) is 14.2 Å². The fourth-order valence-electron chi connectivity index (χ4n) is 3.80. The number of benzene rings is 1. The summed E-state index contributed by atoms with van der Waals surface area (Å²) in [4.78, 5) is 41.0. The van der Waals surface area contributed by atoms with Crippen molar-refractivity contribution in [1.29, 1.82) is 0 Å². The van der Waals surface area contributed by atoms with Crippen LogP contribution in [0.15, 0.2) is 52.2 Å². The van der Waals surface area contributed by atoms with Gasteiger partial charge in [-0.25, -0.2) is 4.79 Å². The normalized spacial score (nSPS) is 11.3. The van der Waals surface area contributed by atoms with Crippen LogP contribution in [0.1, 0.15) is 35.0 Å². The van der Waals surface area contributed by atoms with Crippen LogP contribution in [0.2, 0.25) is 0 Å². The molecule has 1 aromatic carbocycles. The average molecular weight is 391 g/mol. The first-order valence-electron chi connectivity index (χ1n) is 9.43. The Hall–Kier alpha value is -3.61. The van der Waals surface area contributed by atoms with Gasteiger partial charge in [0.2, 0.25) is 5.78 Å². The number of methoxy groups -OCH3 is 1. The monoisotopic (exact) mass is 391 g/mol. The number of hydrogen-bond donors (Lipinski definition) is 1. The maximum atomic E-state index is 13.4. The molecule has 4 aromatic rings. The van der Waals surface area contributed by atoms with Crippen LogP contribution in [0.3, 0.4) is 0 Å². The van der Waals surface area contributed by atoms with Gasteiger partial charge in [-0.15, -0.1) is 0 Å². The smallest absolute Gasteiger partial charge is 0.328 e. The molecule has 0 aliphatic heterocycles. The Bertz CT molecular complexity index is 1370. The highest BCUT2D eigenvalue weighted by Gasteiger charge is 2.22. The Balaban J connectivity index is 1.93. The van der Waals surface area contributed by atoms with Crippen molar-refractivity contribution in [3.05, 3.63) is 80.3 Å². The van der Waals surface area contributed by atoms with Gasteiger partial charge >= 0.3 is 5.69 Å². The summed E-state index contributed by atoms with van der Waals surface area (Å²) in [5, 5.41) is 0.314. The van der Waals surface area contributed by atoms with Crippen molar-refractivity contribution in [2.45, 2.75) is 26.8 Å². The second kappa shape index (κ2) is 7.09. The Kier molecular flexibility index (Phi) is 4.58. The summed E-state index contributed by atoms with van der Waals surface area (Å²) in [6, 6.07) is 10.4. The minimum atomic E-state index is -0.443. The molecule has 0 radical (unpaired) electrons. The Morgan fingerprint density at radius 2 is 1.97 bits per heavy atom. The van der Waals surface area contributed by atoms with Crippen molar-refractivity contribution in [1.82, 2.24) is 14.0 Å². The molecule has 1 N–H and O–H groups in total. The topological polar surface area (TPSA) is 85.6 Å². The fraction of sp³-hybridized carbons (Fsp3) is 0.227. The number of aromatic nitrogens is 3. The molecule has 7 nitrogen and oxygen atoms in total. The van der Waals surface area contributed by atoms with Gasteiger partial charge in [0.1, 0.15) is 11.4 Å². The van der Waals surface area contributed by atoms with E-state index in [-0.39, 0.29) is 5.78 Å². The number of H-pyrrole nitrogens is 1. The number of carbonyl (C=O) groups excluding carboxylic acids is 1. The minimum Gasteiger partial charge on any atom is -0.494 e. The van der Waals surface area contributed by atoms with Gasteiger partial charge in [-0.1, -0.05) is 13.0 Å². The van der Waals surface area contributed by atoms with E-state index in [9.17, 15) is 14.4 Å². The van der Waals surface area contributed by atoms with Crippen molar-refractivity contribution in [3.63, 3.8) is 0 Å². The Morgan fingerprint density at radius 1 is 1.17 bits per heavy atom. The number of ketones is 1. The maximum Gasteiger partial charge on any atom is 0.328 e. The van der Waals surface area contributed by atoms with Gasteiger partial charge in [0.25, 0.3) is 5.56 Å². The molecule has 0 unspecified atom stereocenters. The fourth-order valence-corrected chi connectivity index (χ4v) is 3.80. The molecule has 3 heterocycles. The van der Waals surface area contributed by atoms with E-state index in [1.807, 2.05) is 38.2 Å². The number of rotatable bonds is 5. The van der Waals surface area contributed by atoms with E-state index in [0.29, 0.717) is 40.9 Å². The number of nitrogens with one attached hydrogen (secondary N) is 1. The van der Waals surface area contributed by atoms with Crippen LogP contribution in [-0.4, -0.2) is 26.8 Å². The highest BCUT2D eigenvalue weighted by molar-refractivity contribution is 6.11. The molecule has 0 spiro atoms. The first-order valence-corrected chi connectivity index (χ1v) is 9.43. The molecule has 0 atom stereocenters. The number of nitrogens with zero attached hydrogens (tertiary/aromatic N) is 2. The zero-order valence-corrected chi connectivity index (χ0v) is 16.5. The van der Waals surface area contributed by atoms with E-state index in [2.05, 4.69) is 4.98 Å². The van der Waals surface area contributed by atoms with Crippen LogP contribution < -0.4 is 16.0 Å². The van der Waals surface area contributed by atoms with E-state index < -0.39 is 11.2 Å². The van der Waals surface area contributed by atoms with E-state index >= 15 is 0 Å². The summed E-state index contributed by atoms with van der Waals surface area (Å²) in [6.07, 6.45) is 2.47. The zero-order valence-electron chi connectivity index (χ0n) is 16.5. The number of pyridine rings is 1. The van der Waals surface area contributed by atoms with E-state index in [1.54, 1.807) is 29.7 Å². The third-order valence-electron chi connectivity index (χ3n) is 5.14. The zero-order chi connectivity index (χ0) is 20.7. The van der Waals surface area contributed by atoms with Crippen LogP contribution in [0.25, 0.3) is 16.4 Å². The largest absolute Gasteiger partial charge is 0.494 e. The van der Waals surface area contributed by atoms with Crippen LogP contribution in [0.5, 0.6) is 5.75 Å². The lowest BCUT2D eigenvalue weighted by Gasteiger charge is -2.07. The molecule has 148 valence electrons. The average Bonchev–Trinajstić information content (AvgIpc) is 3.01. The summed E-state index contributed by atoms with van der Waals surface area (Å²) in [7, 11) is 1.58. The molecule has 0 bridgehead atoms. The molecular formula is C22H21N3O4. The first-order chi connectivity index (χ1) is 14.0. The molecule has 3 aromatic heterocycles. The third-order valence-corrected chi connectivity index (χ3v) is 5.14. The number of aromatic amines is 1. The Labute approximate surface area is 166 Å². The van der Waals surface area contributed by atoms with Gasteiger partial charge < -0.3 is 14.1 Å². The van der Waals surface area contributed by atoms with Gasteiger partial charge in [0.05, 0.1) is 23.5 Å². The standard InChI is InChI=1S/C22H21N3O4/c1-4-10-25-21(27)15-12-14(8-9-16(15)23-22(25)28)19(26)18-13(2)20(29-3)17-7-5-6-11-24(17)18/h5-9,11-12H,4,10H2,1-3H3,(H,23,28). The van der Waals surface area contributed by atoms with Gasteiger partial charge in [-0.05, 0) is 43.7 Å². The van der Waals surface area contributed by atoms with Crippen molar-refractivity contribution in [2.24, 2.45) is 0 Å². The predicted octanol–water partition coefficient (Wildman–Crippen LogP) is 2.90. The second-order valence-corrected chi connectivity index (χ2v) is 6.94. The minimum absolute atomic E-state index is 0.221. The third kappa shape index (κ3) is 2.86. The molecule has 0 amide bonds. The molecule has 0 saturated carbocycles. The second-order valence-electron chi connectivity index (χ2n) is 6.94. The van der Waals surface area contributed by atoms with Crippen molar-refractivity contribution in [3.8, 4) is 5.75 Å². The van der Waals surface area contributed by atoms with Crippen molar-refractivity contribution < 1.29 is 9.53 Å². The van der Waals surface area contributed by atoms with Crippen LogP contribution in [0.4, 0.5) is 0 Å². The molecule has 0 aliphatic carbocycles. The predicted molar refractivity (Wildman–Crippen MR) is 111 cm³/mol. The van der Waals surface area contributed by atoms with Crippen molar-refractivity contribution >= 4 is 22.2 Å². The highest BCUT2D eigenvalue weighted by atomic mass is 16.5.